The van der Waals surface area contributed by atoms with Crippen LogP contribution >= 0.6 is 116 Å². The molecule has 0 aliphatic heterocycles. The maximum atomic E-state index is 6.11. The second-order valence-electron chi connectivity index (χ2n) is 3.78. The van der Waals surface area contributed by atoms with Crippen LogP contribution in [0.2, 0.25) is 0 Å². The Morgan fingerprint density at radius 1 is 0.450 bits per heavy atom. The van der Waals surface area contributed by atoms with Crippen LogP contribution in [-0.2, 0) is 0 Å². The molecule has 0 spiro atoms. The summed E-state index contributed by atoms with van der Waals surface area (Å²) in [6, 6.07) is 0. The number of rotatable bonds is 1. The standard InChI is InChI=1S/C10Cl10/c11-3-1(5(13)9(17,18)7(3)15)2-4(12)8(16)10(19,20)6(2)14. The van der Waals surface area contributed by atoms with Crippen LogP contribution in [0.4, 0.5) is 0 Å². The first-order chi connectivity index (χ1) is 8.95. The molecule has 0 aromatic rings. The summed E-state index contributed by atoms with van der Waals surface area (Å²) in [5.74, 6) is 0. The lowest BCUT2D eigenvalue weighted by molar-refractivity contribution is 1.22. The van der Waals surface area contributed by atoms with Gasteiger partial charge in [-0.3, -0.25) is 0 Å². The Hall–Kier alpha value is 1.86. The van der Waals surface area contributed by atoms with E-state index in [0.717, 1.165) is 0 Å². The molecule has 20 heavy (non-hydrogen) atoms. The highest BCUT2D eigenvalue weighted by Crippen LogP contribution is 2.61. The van der Waals surface area contributed by atoms with Gasteiger partial charge < -0.3 is 0 Å². The van der Waals surface area contributed by atoms with Crippen LogP contribution in [-0.4, -0.2) is 8.67 Å². The Bertz CT molecular complexity index is 574. The summed E-state index contributed by atoms with van der Waals surface area (Å²) in [6.07, 6.45) is 0. The fraction of sp³-hybridized carbons (Fsp3) is 0.200. The highest BCUT2D eigenvalue weighted by molar-refractivity contribution is 6.67. The van der Waals surface area contributed by atoms with Crippen LogP contribution in [0.3, 0.4) is 0 Å². The van der Waals surface area contributed by atoms with E-state index in [1.165, 1.54) is 0 Å². The number of hydrogen-bond acceptors (Lipinski definition) is 0. The molecule has 0 saturated heterocycles. The third-order valence-electron chi connectivity index (χ3n) is 2.62. The van der Waals surface area contributed by atoms with Crippen LogP contribution < -0.4 is 0 Å². The van der Waals surface area contributed by atoms with E-state index >= 15 is 0 Å². The lowest BCUT2D eigenvalue weighted by Gasteiger charge is -2.14. The highest BCUT2D eigenvalue weighted by atomic mass is 35.5. The van der Waals surface area contributed by atoms with Crippen LogP contribution in [0.1, 0.15) is 0 Å². The van der Waals surface area contributed by atoms with Gasteiger partial charge in [-0.05, 0) is 0 Å². The van der Waals surface area contributed by atoms with Gasteiger partial charge in [0.2, 0.25) is 0 Å². The summed E-state index contributed by atoms with van der Waals surface area (Å²) in [7, 11) is 0. The second kappa shape index (κ2) is 5.74. The summed E-state index contributed by atoms with van der Waals surface area (Å²) in [6.45, 7) is 0. The molecular formula is C10Cl10. The Morgan fingerprint density at radius 2 is 0.700 bits per heavy atom. The van der Waals surface area contributed by atoms with Gasteiger partial charge in [0.15, 0.2) is 8.67 Å². The first kappa shape index (κ1) is 18.2. The molecule has 0 nitrogen and oxygen atoms in total. The number of alkyl halides is 4. The molecule has 0 aromatic carbocycles. The van der Waals surface area contributed by atoms with E-state index in [0.29, 0.717) is 0 Å². The minimum Gasteiger partial charge on any atom is -0.0888 e. The minimum absolute atomic E-state index is 0.0107. The lowest BCUT2D eigenvalue weighted by Crippen LogP contribution is -2.11. The first-order valence-electron chi connectivity index (χ1n) is 4.64. The van der Waals surface area contributed by atoms with Gasteiger partial charge in [-0.2, -0.15) is 0 Å². The second-order valence-corrected chi connectivity index (χ2v) is 8.71. The Balaban J connectivity index is 2.78. The molecule has 0 N–H and O–H groups in total. The molecule has 110 valence electrons. The predicted octanol–water partition coefficient (Wildman–Crippen LogP) is 7.73. The molecule has 2 aliphatic rings. The van der Waals surface area contributed by atoms with Crippen LogP contribution in [0.15, 0.2) is 41.3 Å². The minimum atomic E-state index is -1.70. The van der Waals surface area contributed by atoms with Gasteiger partial charge in [0, 0.05) is 11.1 Å². The number of allylic oxidation sites excluding steroid dienone is 8. The topological polar surface area (TPSA) is 0 Å². The first-order valence-corrected chi connectivity index (χ1v) is 8.42. The van der Waals surface area contributed by atoms with Crippen molar-refractivity contribution in [2.75, 3.05) is 0 Å². The maximum Gasteiger partial charge on any atom is 0.190 e. The van der Waals surface area contributed by atoms with E-state index in [4.69, 9.17) is 116 Å². The van der Waals surface area contributed by atoms with Gasteiger partial charge in [0.05, 0.1) is 30.2 Å². The molecule has 2 aliphatic carbocycles. The van der Waals surface area contributed by atoms with Crippen LogP contribution in [0.25, 0.3) is 0 Å². The van der Waals surface area contributed by atoms with Crippen molar-refractivity contribution < 1.29 is 0 Å². The van der Waals surface area contributed by atoms with Crippen molar-refractivity contribution in [2.45, 2.75) is 8.67 Å². The smallest absolute Gasteiger partial charge is 0.0888 e. The largest absolute Gasteiger partial charge is 0.190 e. The zero-order chi connectivity index (χ0) is 15.6. The van der Waals surface area contributed by atoms with Crippen molar-refractivity contribution in [3.8, 4) is 0 Å². The summed E-state index contributed by atoms with van der Waals surface area (Å²) in [4.78, 5) is 0. The molecule has 0 fully saturated rings. The monoisotopic (exact) mass is 470 g/mol. The third kappa shape index (κ3) is 2.44. The van der Waals surface area contributed by atoms with E-state index in [2.05, 4.69) is 0 Å². The highest BCUT2D eigenvalue weighted by Gasteiger charge is 2.50. The SMILES string of the molecule is ClC1=C(Cl)C(Cl)(Cl)C(Cl)=C1C1=C(Cl)C(Cl)(Cl)C(Cl)=C1Cl. The number of halogens is 10. The van der Waals surface area contributed by atoms with Crippen molar-refractivity contribution in [2.24, 2.45) is 0 Å². The molecule has 0 aromatic heterocycles. The average molecular weight is 475 g/mol. The molecule has 0 amide bonds. The normalized spacial score (nSPS) is 25.5. The molecule has 2 rings (SSSR count). The van der Waals surface area contributed by atoms with Crippen LogP contribution in [0.5, 0.6) is 0 Å². The molecule has 10 heteroatoms. The fourth-order valence-corrected chi connectivity index (χ4v) is 4.38. The van der Waals surface area contributed by atoms with Crippen molar-refractivity contribution in [3.63, 3.8) is 0 Å². The van der Waals surface area contributed by atoms with Gasteiger partial charge in [-0.25, -0.2) is 0 Å². The Morgan fingerprint density at radius 3 is 0.850 bits per heavy atom. The van der Waals surface area contributed by atoms with Crippen LogP contribution in [0, 0.1) is 0 Å². The van der Waals surface area contributed by atoms with E-state index < -0.39 is 8.67 Å². The van der Waals surface area contributed by atoms with Crippen molar-refractivity contribution in [3.05, 3.63) is 41.3 Å². The fourth-order valence-electron chi connectivity index (χ4n) is 1.63. The molecule has 0 unspecified atom stereocenters. The van der Waals surface area contributed by atoms with Crippen molar-refractivity contribution in [1.29, 1.82) is 0 Å². The van der Waals surface area contributed by atoms with E-state index in [1.54, 1.807) is 0 Å². The van der Waals surface area contributed by atoms with Crippen molar-refractivity contribution in [1.82, 2.24) is 0 Å². The zero-order valence-corrected chi connectivity index (χ0v) is 16.3. The molecule has 0 radical (unpaired) electrons. The maximum absolute atomic E-state index is 6.11. The lowest BCUT2D eigenvalue weighted by atomic mass is 10.1. The third-order valence-corrected chi connectivity index (χ3v) is 7.74. The van der Waals surface area contributed by atoms with Gasteiger partial charge in [0.25, 0.3) is 0 Å². The average Bonchev–Trinajstić information content (AvgIpc) is 2.60. The zero-order valence-electron chi connectivity index (χ0n) is 8.78. The van der Waals surface area contributed by atoms with Gasteiger partial charge in [-0.1, -0.05) is 116 Å². The van der Waals surface area contributed by atoms with Crippen molar-refractivity contribution >= 4 is 116 Å². The predicted molar refractivity (Wildman–Crippen MR) is 92.1 cm³/mol. The summed E-state index contributed by atoms with van der Waals surface area (Å²) >= 11 is 60.4. The quantitative estimate of drug-likeness (QED) is 0.341. The van der Waals surface area contributed by atoms with E-state index in [9.17, 15) is 0 Å². The van der Waals surface area contributed by atoms with E-state index in [-0.39, 0.29) is 41.3 Å². The summed E-state index contributed by atoms with van der Waals surface area (Å²) in [5.41, 5.74) is 0.277. The molecule has 0 atom stereocenters. The molecular weight excluding hydrogens is 475 g/mol. The molecule has 0 heterocycles. The van der Waals surface area contributed by atoms with Gasteiger partial charge >= 0.3 is 0 Å². The molecule has 0 bridgehead atoms. The number of hydrogen-bond donors (Lipinski definition) is 0. The van der Waals surface area contributed by atoms with E-state index in [1.807, 2.05) is 0 Å². The summed E-state index contributed by atoms with van der Waals surface area (Å²) < 4.78 is -3.40. The Labute approximate surface area is 164 Å². The van der Waals surface area contributed by atoms with Gasteiger partial charge in [-0.15, -0.1) is 0 Å². The Kier molecular flexibility index (Phi) is 5.22. The van der Waals surface area contributed by atoms with Gasteiger partial charge in [0.1, 0.15) is 0 Å². The summed E-state index contributed by atoms with van der Waals surface area (Å²) in [5, 5.41) is -0.328. The molecule has 0 saturated carbocycles.